The number of anilines is 2. The molecule has 1 heterocycles. The van der Waals surface area contributed by atoms with E-state index in [-0.39, 0.29) is 0 Å². The second-order valence-corrected chi connectivity index (χ2v) is 13.8. The number of fused-ring (bicyclic) bond motifs is 4. The monoisotopic (exact) mass is 688 g/mol. The zero-order chi connectivity index (χ0) is 35.8. The standard InChI is InChI=1S/C52H36N2/c1-3-17-36(18-4-1)39-21-7-8-23-42(39)45-25-11-14-28-49(45)53-50-29-15-12-26-46(50)44-33-32-40(41-22-9-10-24-43(41)44)37-31-34-52-48(35-37)47-27-13-16-30-51(47)54(52)38-19-5-2-6-20-38/h1-35,53H. The van der Waals surface area contributed by atoms with Gasteiger partial charge in [-0.3, -0.25) is 0 Å². The van der Waals surface area contributed by atoms with E-state index >= 15 is 0 Å². The van der Waals surface area contributed by atoms with Gasteiger partial charge in [0, 0.05) is 39.0 Å². The van der Waals surface area contributed by atoms with E-state index < -0.39 is 0 Å². The molecule has 0 aliphatic heterocycles. The van der Waals surface area contributed by atoms with Crippen molar-refractivity contribution in [1.82, 2.24) is 4.57 Å². The van der Waals surface area contributed by atoms with Crippen LogP contribution in [-0.2, 0) is 0 Å². The molecular weight excluding hydrogens is 653 g/mol. The van der Waals surface area contributed by atoms with Crippen LogP contribution in [0.1, 0.15) is 0 Å². The molecule has 0 aliphatic carbocycles. The van der Waals surface area contributed by atoms with Crippen molar-refractivity contribution in [3.05, 3.63) is 212 Å². The quantitative estimate of drug-likeness (QED) is 0.176. The smallest absolute Gasteiger partial charge is 0.0541 e. The Morgan fingerprint density at radius 3 is 1.50 bits per heavy atom. The van der Waals surface area contributed by atoms with E-state index in [9.17, 15) is 0 Å². The highest BCUT2D eigenvalue weighted by atomic mass is 15.0. The molecule has 0 bridgehead atoms. The predicted molar refractivity (Wildman–Crippen MR) is 230 cm³/mol. The number of hydrogen-bond donors (Lipinski definition) is 1. The summed E-state index contributed by atoms with van der Waals surface area (Å²) < 4.78 is 2.37. The summed E-state index contributed by atoms with van der Waals surface area (Å²) in [4.78, 5) is 0. The lowest BCUT2D eigenvalue weighted by Crippen LogP contribution is -1.97. The van der Waals surface area contributed by atoms with Crippen LogP contribution >= 0.6 is 0 Å². The fourth-order valence-corrected chi connectivity index (χ4v) is 8.17. The molecule has 254 valence electrons. The van der Waals surface area contributed by atoms with Crippen LogP contribution in [0.5, 0.6) is 0 Å². The Morgan fingerprint density at radius 1 is 0.278 bits per heavy atom. The van der Waals surface area contributed by atoms with Gasteiger partial charge in [-0.15, -0.1) is 0 Å². The third kappa shape index (κ3) is 5.44. The topological polar surface area (TPSA) is 17.0 Å². The summed E-state index contributed by atoms with van der Waals surface area (Å²) >= 11 is 0. The maximum absolute atomic E-state index is 3.88. The molecule has 1 aromatic heterocycles. The van der Waals surface area contributed by atoms with Crippen molar-refractivity contribution >= 4 is 44.0 Å². The van der Waals surface area contributed by atoms with E-state index in [1.807, 2.05) is 0 Å². The number of rotatable bonds is 7. The molecule has 2 nitrogen and oxygen atoms in total. The molecule has 0 fully saturated rings. The molecule has 0 saturated heterocycles. The van der Waals surface area contributed by atoms with Gasteiger partial charge < -0.3 is 9.88 Å². The first-order valence-corrected chi connectivity index (χ1v) is 18.5. The van der Waals surface area contributed by atoms with Gasteiger partial charge in [-0.25, -0.2) is 0 Å². The van der Waals surface area contributed by atoms with E-state index in [2.05, 4.69) is 222 Å². The van der Waals surface area contributed by atoms with Gasteiger partial charge in [0.05, 0.1) is 11.0 Å². The van der Waals surface area contributed by atoms with E-state index in [1.54, 1.807) is 0 Å². The fourth-order valence-electron chi connectivity index (χ4n) is 8.17. The van der Waals surface area contributed by atoms with Gasteiger partial charge in [0.15, 0.2) is 0 Å². The molecule has 0 unspecified atom stereocenters. The summed E-state index contributed by atoms with van der Waals surface area (Å²) in [6, 6.07) is 76.3. The molecule has 9 aromatic carbocycles. The summed E-state index contributed by atoms with van der Waals surface area (Å²) in [5, 5.41) is 8.84. The summed E-state index contributed by atoms with van der Waals surface area (Å²) in [5.74, 6) is 0. The predicted octanol–water partition coefficient (Wildman–Crippen LogP) is 14.3. The van der Waals surface area contributed by atoms with Gasteiger partial charge in [0.1, 0.15) is 0 Å². The Hall–Kier alpha value is -7.16. The van der Waals surface area contributed by atoms with Gasteiger partial charge in [0.25, 0.3) is 0 Å². The van der Waals surface area contributed by atoms with Gasteiger partial charge in [-0.1, -0.05) is 170 Å². The van der Waals surface area contributed by atoms with Gasteiger partial charge in [-0.05, 0) is 86.6 Å². The second-order valence-electron chi connectivity index (χ2n) is 13.8. The summed E-state index contributed by atoms with van der Waals surface area (Å²) in [6.45, 7) is 0. The van der Waals surface area contributed by atoms with E-state index in [0.29, 0.717) is 0 Å². The maximum Gasteiger partial charge on any atom is 0.0541 e. The van der Waals surface area contributed by atoms with Crippen molar-refractivity contribution in [2.24, 2.45) is 0 Å². The van der Waals surface area contributed by atoms with E-state index in [4.69, 9.17) is 0 Å². The molecule has 10 rings (SSSR count). The van der Waals surface area contributed by atoms with Crippen LogP contribution in [0.3, 0.4) is 0 Å². The summed E-state index contributed by atoms with van der Waals surface area (Å²) in [5.41, 5.74) is 15.3. The van der Waals surface area contributed by atoms with Crippen molar-refractivity contribution < 1.29 is 0 Å². The first-order valence-electron chi connectivity index (χ1n) is 18.5. The number of nitrogens with one attached hydrogen (secondary N) is 1. The first kappa shape index (κ1) is 31.6. The Kier molecular flexibility index (Phi) is 7.85. The third-order valence-electron chi connectivity index (χ3n) is 10.6. The van der Waals surface area contributed by atoms with Gasteiger partial charge >= 0.3 is 0 Å². The van der Waals surface area contributed by atoms with Crippen molar-refractivity contribution in [3.63, 3.8) is 0 Å². The van der Waals surface area contributed by atoms with E-state index in [0.717, 1.165) is 22.5 Å². The number of benzene rings is 9. The normalized spacial score (nSPS) is 11.3. The minimum atomic E-state index is 1.06. The van der Waals surface area contributed by atoms with Crippen LogP contribution in [0.2, 0.25) is 0 Å². The van der Waals surface area contributed by atoms with E-state index in [1.165, 1.54) is 71.6 Å². The molecule has 2 heteroatoms. The van der Waals surface area contributed by atoms with Gasteiger partial charge in [-0.2, -0.15) is 0 Å². The van der Waals surface area contributed by atoms with Crippen molar-refractivity contribution in [2.45, 2.75) is 0 Å². The Labute approximate surface area is 315 Å². The summed E-state index contributed by atoms with van der Waals surface area (Å²) in [7, 11) is 0. The highest BCUT2D eigenvalue weighted by Gasteiger charge is 2.17. The second kappa shape index (κ2) is 13.4. The Bertz CT molecular complexity index is 2960. The van der Waals surface area contributed by atoms with Crippen molar-refractivity contribution in [1.29, 1.82) is 0 Å². The highest BCUT2D eigenvalue weighted by Crippen LogP contribution is 2.43. The molecule has 0 spiro atoms. The minimum absolute atomic E-state index is 1.06. The molecular formula is C52H36N2. The fraction of sp³-hybridized carbons (Fsp3) is 0. The number of para-hydroxylation sites is 4. The molecule has 0 radical (unpaired) electrons. The van der Waals surface area contributed by atoms with Gasteiger partial charge in [0.2, 0.25) is 0 Å². The Balaban J connectivity index is 1.08. The lowest BCUT2D eigenvalue weighted by atomic mass is 9.90. The van der Waals surface area contributed by atoms with Crippen LogP contribution in [0, 0.1) is 0 Å². The zero-order valence-corrected chi connectivity index (χ0v) is 29.7. The van der Waals surface area contributed by atoms with Crippen molar-refractivity contribution in [2.75, 3.05) is 5.32 Å². The molecule has 0 amide bonds. The molecule has 0 atom stereocenters. The molecule has 10 aromatic rings. The van der Waals surface area contributed by atoms with Crippen LogP contribution in [0.15, 0.2) is 212 Å². The molecule has 54 heavy (non-hydrogen) atoms. The van der Waals surface area contributed by atoms with Crippen LogP contribution in [0.4, 0.5) is 11.4 Å². The minimum Gasteiger partial charge on any atom is -0.355 e. The SMILES string of the molecule is c1ccc(-c2ccccc2-c2ccccc2Nc2ccccc2-c2ccc(-c3ccc4c(c3)c3ccccc3n4-c3ccccc3)c3ccccc23)cc1. The third-order valence-corrected chi connectivity index (χ3v) is 10.6. The number of nitrogens with zero attached hydrogens (tertiary/aromatic N) is 1. The highest BCUT2D eigenvalue weighted by molar-refractivity contribution is 6.12. The molecule has 1 N–H and O–H groups in total. The average Bonchev–Trinajstić information content (AvgIpc) is 3.58. The summed E-state index contributed by atoms with van der Waals surface area (Å²) in [6.07, 6.45) is 0. The van der Waals surface area contributed by atoms with Crippen LogP contribution in [-0.4, -0.2) is 4.57 Å². The lowest BCUT2D eigenvalue weighted by Gasteiger charge is -2.19. The largest absolute Gasteiger partial charge is 0.355 e. The van der Waals surface area contributed by atoms with Crippen LogP contribution < -0.4 is 5.32 Å². The van der Waals surface area contributed by atoms with Crippen LogP contribution in [0.25, 0.3) is 82.8 Å². The Morgan fingerprint density at radius 2 is 0.778 bits per heavy atom. The first-order chi connectivity index (χ1) is 26.8. The number of hydrogen-bond acceptors (Lipinski definition) is 1. The maximum atomic E-state index is 3.88. The molecule has 0 aliphatic rings. The average molecular weight is 689 g/mol. The zero-order valence-electron chi connectivity index (χ0n) is 29.7. The number of aromatic nitrogens is 1. The van der Waals surface area contributed by atoms with Crippen molar-refractivity contribution in [3.8, 4) is 50.2 Å². The molecule has 0 saturated carbocycles. The lowest BCUT2D eigenvalue weighted by molar-refractivity contribution is 1.18.